The topological polar surface area (TPSA) is 26.3 Å². The van der Waals surface area contributed by atoms with E-state index in [1.807, 2.05) is 78.9 Å². The van der Waals surface area contributed by atoms with Crippen molar-refractivity contribution in [2.45, 2.75) is 13.5 Å². The molecule has 114 valence electrons. The van der Waals surface area contributed by atoms with Gasteiger partial charge < -0.3 is 4.74 Å². The maximum atomic E-state index is 12.0. The van der Waals surface area contributed by atoms with Crippen molar-refractivity contribution in [1.29, 1.82) is 0 Å². The Balaban J connectivity index is 2.00. The molecule has 0 amide bonds. The Morgan fingerprint density at radius 1 is 0.826 bits per heavy atom. The SMILES string of the molecule is CC(=O)c1cccc(-c2ccccc2)c1OCc1ccccc1. The quantitative estimate of drug-likeness (QED) is 0.610. The predicted octanol–water partition coefficient (Wildman–Crippen LogP) is 5.14. The zero-order valence-electron chi connectivity index (χ0n) is 13.0. The normalized spacial score (nSPS) is 10.3. The van der Waals surface area contributed by atoms with Crippen LogP contribution in [0.25, 0.3) is 11.1 Å². The summed E-state index contributed by atoms with van der Waals surface area (Å²) in [6.45, 7) is 2.00. The van der Waals surface area contributed by atoms with E-state index in [1.54, 1.807) is 6.92 Å². The standard InChI is InChI=1S/C21H18O2/c1-16(22)19-13-8-14-20(18-11-6-3-7-12-18)21(19)23-15-17-9-4-2-5-10-17/h2-14H,15H2,1H3. The molecule has 3 aromatic carbocycles. The number of rotatable bonds is 5. The number of carbonyl (C=O) groups excluding carboxylic acids is 1. The Hall–Kier alpha value is -2.87. The zero-order valence-corrected chi connectivity index (χ0v) is 13.0. The van der Waals surface area contributed by atoms with Crippen molar-refractivity contribution in [3.63, 3.8) is 0 Å². The highest BCUT2D eigenvalue weighted by Crippen LogP contribution is 2.34. The highest BCUT2D eigenvalue weighted by molar-refractivity contribution is 5.99. The minimum absolute atomic E-state index is 0.00541. The Morgan fingerprint density at radius 3 is 2.13 bits per heavy atom. The molecule has 0 saturated heterocycles. The van der Waals surface area contributed by atoms with E-state index in [0.717, 1.165) is 16.7 Å². The lowest BCUT2D eigenvalue weighted by Gasteiger charge is -2.15. The van der Waals surface area contributed by atoms with Crippen LogP contribution in [0.1, 0.15) is 22.8 Å². The van der Waals surface area contributed by atoms with Crippen molar-refractivity contribution in [3.8, 4) is 16.9 Å². The number of Topliss-reactive ketones (excluding diaryl/α,β-unsaturated/α-hetero) is 1. The summed E-state index contributed by atoms with van der Waals surface area (Å²) in [6, 6.07) is 25.6. The molecular formula is C21H18O2. The smallest absolute Gasteiger partial charge is 0.163 e. The molecule has 23 heavy (non-hydrogen) atoms. The van der Waals surface area contributed by atoms with Crippen molar-refractivity contribution in [1.82, 2.24) is 0 Å². The van der Waals surface area contributed by atoms with E-state index in [1.165, 1.54) is 0 Å². The van der Waals surface area contributed by atoms with Crippen LogP contribution >= 0.6 is 0 Å². The molecule has 0 N–H and O–H groups in total. The van der Waals surface area contributed by atoms with Crippen LogP contribution in [0.15, 0.2) is 78.9 Å². The Kier molecular flexibility index (Phi) is 4.53. The molecule has 0 bridgehead atoms. The molecule has 0 aliphatic carbocycles. The predicted molar refractivity (Wildman–Crippen MR) is 92.7 cm³/mol. The molecule has 0 fully saturated rings. The van der Waals surface area contributed by atoms with Crippen molar-refractivity contribution < 1.29 is 9.53 Å². The maximum Gasteiger partial charge on any atom is 0.163 e. The van der Waals surface area contributed by atoms with Gasteiger partial charge in [-0.3, -0.25) is 4.79 Å². The molecule has 0 saturated carbocycles. The molecule has 0 aromatic heterocycles. The van der Waals surface area contributed by atoms with Gasteiger partial charge in [-0.2, -0.15) is 0 Å². The summed E-state index contributed by atoms with van der Waals surface area (Å²) in [6.07, 6.45) is 0. The minimum Gasteiger partial charge on any atom is -0.487 e. The molecule has 0 atom stereocenters. The molecular weight excluding hydrogens is 284 g/mol. The first-order valence-electron chi connectivity index (χ1n) is 7.62. The summed E-state index contributed by atoms with van der Waals surface area (Å²) in [5.41, 5.74) is 3.67. The van der Waals surface area contributed by atoms with Gasteiger partial charge in [0.2, 0.25) is 0 Å². The Bertz CT molecular complexity index is 793. The van der Waals surface area contributed by atoms with E-state index in [4.69, 9.17) is 4.74 Å². The van der Waals surface area contributed by atoms with Gasteiger partial charge >= 0.3 is 0 Å². The molecule has 0 heterocycles. The largest absolute Gasteiger partial charge is 0.487 e. The van der Waals surface area contributed by atoms with Gasteiger partial charge in [-0.1, -0.05) is 72.8 Å². The lowest BCUT2D eigenvalue weighted by atomic mass is 10.00. The number of hydrogen-bond donors (Lipinski definition) is 0. The second-order valence-electron chi connectivity index (χ2n) is 5.38. The molecule has 0 spiro atoms. The van der Waals surface area contributed by atoms with E-state index >= 15 is 0 Å². The van der Waals surface area contributed by atoms with Crippen molar-refractivity contribution in [3.05, 3.63) is 90.0 Å². The summed E-state index contributed by atoms with van der Waals surface area (Å²) in [7, 11) is 0. The fourth-order valence-electron chi connectivity index (χ4n) is 2.54. The Labute approximate surface area is 136 Å². The van der Waals surface area contributed by atoms with Gasteiger partial charge in [-0.25, -0.2) is 0 Å². The van der Waals surface area contributed by atoms with E-state index in [0.29, 0.717) is 17.9 Å². The fraction of sp³-hybridized carbons (Fsp3) is 0.0952. The van der Waals surface area contributed by atoms with Gasteiger partial charge in [0, 0.05) is 5.56 Å². The molecule has 0 unspecified atom stereocenters. The average molecular weight is 302 g/mol. The maximum absolute atomic E-state index is 12.0. The van der Waals surface area contributed by atoms with Crippen molar-refractivity contribution >= 4 is 5.78 Å². The summed E-state index contributed by atoms with van der Waals surface area (Å²) in [5.74, 6) is 0.654. The van der Waals surface area contributed by atoms with Crippen LogP contribution in [0.2, 0.25) is 0 Å². The average Bonchev–Trinajstić information content (AvgIpc) is 2.61. The fourth-order valence-corrected chi connectivity index (χ4v) is 2.54. The summed E-state index contributed by atoms with van der Waals surface area (Å²) >= 11 is 0. The van der Waals surface area contributed by atoms with Crippen LogP contribution in [-0.4, -0.2) is 5.78 Å². The van der Waals surface area contributed by atoms with Gasteiger partial charge in [0.1, 0.15) is 12.4 Å². The Morgan fingerprint density at radius 2 is 1.48 bits per heavy atom. The van der Waals surface area contributed by atoms with Crippen LogP contribution in [-0.2, 0) is 6.61 Å². The highest BCUT2D eigenvalue weighted by Gasteiger charge is 2.14. The first-order chi connectivity index (χ1) is 11.3. The monoisotopic (exact) mass is 302 g/mol. The third kappa shape index (κ3) is 3.49. The van der Waals surface area contributed by atoms with Gasteiger partial charge in [-0.05, 0) is 24.1 Å². The van der Waals surface area contributed by atoms with Crippen LogP contribution in [0.5, 0.6) is 5.75 Å². The number of ether oxygens (including phenoxy) is 1. The zero-order chi connectivity index (χ0) is 16.1. The first kappa shape index (κ1) is 15.0. The van der Waals surface area contributed by atoms with Gasteiger partial charge in [0.25, 0.3) is 0 Å². The molecule has 2 heteroatoms. The lowest BCUT2D eigenvalue weighted by molar-refractivity contribution is 0.101. The van der Waals surface area contributed by atoms with E-state index < -0.39 is 0 Å². The summed E-state index contributed by atoms with van der Waals surface area (Å²) in [5, 5.41) is 0. The van der Waals surface area contributed by atoms with Crippen molar-refractivity contribution in [2.75, 3.05) is 0 Å². The van der Waals surface area contributed by atoms with E-state index in [-0.39, 0.29) is 5.78 Å². The molecule has 0 aliphatic heterocycles. The van der Waals surface area contributed by atoms with E-state index in [9.17, 15) is 4.79 Å². The number of para-hydroxylation sites is 1. The minimum atomic E-state index is 0.00541. The number of hydrogen-bond acceptors (Lipinski definition) is 2. The molecule has 3 rings (SSSR count). The lowest BCUT2D eigenvalue weighted by Crippen LogP contribution is -2.03. The third-order valence-electron chi connectivity index (χ3n) is 3.71. The molecule has 3 aromatic rings. The molecule has 0 radical (unpaired) electrons. The highest BCUT2D eigenvalue weighted by atomic mass is 16.5. The summed E-state index contributed by atoms with van der Waals surface area (Å²) < 4.78 is 6.05. The van der Waals surface area contributed by atoms with Crippen molar-refractivity contribution in [2.24, 2.45) is 0 Å². The molecule has 0 aliphatic rings. The van der Waals surface area contributed by atoms with Crippen LogP contribution in [0, 0.1) is 0 Å². The second kappa shape index (κ2) is 6.93. The summed E-state index contributed by atoms with van der Waals surface area (Å²) in [4.78, 5) is 12.0. The number of benzene rings is 3. The number of ketones is 1. The van der Waals surface area contributed by atoms with Gasteiger partial charge in [-0.15, -0.1) is 0 Å². The van der Waals surface area contributed by atoms with Crippen LogP contribution in [0.3, 0.4) is 0 Å². The van der Waals surface area contributed by atoms with Crippen LogP contribution in [0.4, 0.5) is 0 Å². The number of carbonyl (C=O) groups is 1. The second-order valence-corrected chi connectivity index (χ2v) is 5.38. The molecule has 2 nitrogen and oxygen atoms in total. The third-order valence-corrected chi connectivity index (χ3v) is 3.71. The van der Waals surface area contributed by atoms with E-state index in [2.05, 4.69) is 0 Å². The van der Waals surface area contributed by atoms with Crippen LogP contribution < -0.4 is 4.74 Å². The van der Waals surface area contributed by atoms with Gasteiger partial charge in [0.15, 0.2) is 5.78 Å². The first-order valence-corrected chi connectivity index (χ1v) is 7.62. The van der Waals surface area contributed by atoms with Gasteiger partial charge in [0.05, 0.1) is 5.56 Å².